The lowest BCUT2D eigenvalue weighted by Gasteiger charge is -2.07. The molecule has 4 aromatic rings. The lowest BCUT2D eigenvalue weighted by Crippen LogP contribution is -1.94. The predicted octanol–water partition coefficient (Wildman–Crippen LogP) is 5.07. The van der Waals surface area contributed by atoms with Gasteiger partial charge in [0.25, 0.3) is 0 Å². The van der Waals surface area contributed by atoms with Crippen LogP contribution in [0.4, 0.5) is 0 Å². The molecule has 0 radical (unpaired) electrons. The third kappa shape index (κ3) is 2.40. The SMILES string of the molecule is Clc1ccc(-c2cc3ccccc3o2)c(Cc2ncc[nH]2)c1. The van der Waals surface area contributed by atoms with Gasteiger partial charge in [0.15, 0.2) is 0 Å². The van der Waals surface area contributed by atoms with Crippen molar-refractivity contribution in [3.8, 4) is 11.3 Å². The number of H-pyrrole nitrogens is 1. The van der Waals surface area contributed by atoms with Gasteiger partial charge in [-0.2, -0.15) is 0 Å². The zero-order valence-electron chi connectivity index (χ0n) is 11.7. The summed E-state index contributed by atoms with van der Waals surface area (Å²) in [5.41, 5.74) is 3.01. The van der Waals surface area contributed by atoms with E-state index in [2.05, 4.69) is 16.0 Å². The number of halogens is 1. The highest BCUT2D eigenvalue weighted by molar-refractivity contribution is 6.30. The van der Waals surface area contributed by atoms with E-state index in [1.54, 1.807) is 6.20 Å². The summed E-state index contributed by atoms with van der Waals surface area (Å²) in [4.78, 5) is 7.42. The molecule has 0 aliphatic carbocycles. The van der Waals surface area contributed by atoms with Gasteiger partial charge in [0.05, 0.1) is 0 Å². The number of aromatic nitrogens is 2. The van der Waals surface area contributed by atoms with Crippen molar-refractivity contribution in [1.82, 2.24) is 9.97 Å². The van der Waals surface area contributed by atoms with Crippen LogP contribution in [0.1, 0.15) is 11.4 Å². The van der Waals surface area contributed by atoms with E-state index in [0.717, 1.165) is 33.7 Å². The second kappa shape index (κ2) is 5.35. The fourth-order valence-electron chi connectivity index (χ4n) is 2.64. The van der Waals surface area contributed by atoms with Crippen LogP contribution >= 0.6 is 11.6 Å². The van der Waals surface area contributed by atoms with Crippen LogP contribution in [0.5, 0.6) is 0 Å². The van der Waals surface area contributed by atoms with Gasteiger partial charge in [-0.15, -0.1) is 0 Å². The molecule has 2 aromatic carbocycles. The molecule has 2 aromatic heterocycles. The molecule has 0 fully saturated rings. The highest BCUT2D eigenvalue weighted by atomic mass is 35.5. The average Bonchev–Trinajstić information content (AvgIpc) is 3.16. The number of hydrogen-bond acceptors (Lipinski definition) is 2. The highest BCUT2D eigenvalue weighted by Gasteiger charge is 2.12. The number of para-hydroxylation sites is 1. The number of nitrogens with zero attached hydrogens (tertiary/aromatic N) is 1. The topological polar surface area (TPSA) is 41.8 Å². The molecule has 4 rings (SSSR count). The lowest BCUT2D eigenvalue weighted by atomic mass is 10.0. The second-order valence-corrected chi connectivity index (χ2v) is 5.60. The average molecular weight is 309 g/mol. The molecule has 0 atom stereocenters. The molecule has 0 amide bonds. The molecule has 0 saturated heterocycles. The van der Waals surface area contributed by atoms with E-state index in [0.29, 0.717) is 11.4 Å². The van der Waals surface area contributed by atoms with Crippen molar-refractivity contribution in [1.29, 1.82) is 0 Å². The number of rotatable bonds is 3. The lowest BCUT2D eigenvalue weighted by molar-refractivity contribution is 0.630. The molecule has 3 nitrogen and oxygen atoms in total. The fourth-order valence-corrected chi connectivity index (χ4v) is 2.83. The molecule has 1 N–H and O–H groups in total. The van der Waals surface area contributed by atoms with E-state index in [-0.39, 0.29) is 0 Å². The van der Waals surface area contributed by atoms with Gasteiger partial charge >= 0.3 is 0 Å². The molecule has 0 aliphatic heterocycles. The minimum absolute atomic E-state index is 0.680. The van der Waals surface area contributed by atoms with Crippen LogP contribution in [0.3, 0.4) is 0 Å². The highest BCUT2D eigenvalue weighted by Crippen LogP contribution is 2.32. The predicted molar refractivity (Wildman–Crippen MR) is 88.1 cm³/mol. The van der Waals surface area contributed by atoms with Crippen molar-refractivity contribution < 1.29 is 4.42 Å². The Balaban J connectivity index is 1.83. The normalized spacial score (nSPS) is 11.1. The summed E-state index contributed by atoms with van der Waals surface area (Å²) in [7, 11) is 0. The summed E-state index contributed by atoms with van der Waals surface area (Å²) in [6.07, 6.45) is 4.25. The molecular weight excluding hydrogens is 296 g/mol. The molecular formula is C18H13ClN2O. The zero-order chi connectivity index (χ0) is 14.9. The van der Waals surface area contributed by atoms with E-state index in [1.165, 1.54) is 0 Å². The Hall–Kier alpha value is -2.52. The summed E-state index contributed by atoms with van der Waals surface area (Å²) in [6.45, 7) is 0. The minimum Gasteiger partial charge on any atom is -0.456 e. The van der Waals surface area contributed by atoms with Crippen LogP contribution < -0.4 is 0 Å². The smallest absolute Gasteiger partial charge is 0.135 e. The Bertz CT molecular complexity index is 892. The number of furan rings is 1. The van der Waals surface area contributed by atoms with E-state index in [1.807, 2.05) is 48.7 Å². The van der Waals surface area contributed by atoms with Crippen molar-refractivity contribution >= 4 is 22.6 Å². The van der Waals surface area contributed by atoms with Gasteiger partial charge in [-0.05, 0) is 35.9 Å². The number of benzene rings is 2. The van der Waals surface area contributed by atoms with Crippen LogP contribution in [0.25, 0.3) is 22.3 Å². The molecule has 0 bridgehead atoms. The first-order valence-corrected chi connectivity index (χ1v) is 7.43. The molecule has 4 heteroatoms. The zero-order valence-corrected chi connectivity index (χ0v) is 12.5. The van der Waals surface area contributed by atoms with Gasteiger partial charge in [-0.1, -0.05) is 29.8 Å². The first kappa shape index (κ1) is 13.2. The largest absolute Gasteiger partial charge is 0.456 e. The second-order valence-electron chi connectivity index (χ2n) is 5.16. The molecule has 108 valence electrons. The van der Waals surface area contributed by atoms with E-state index in [4.69, 9.17) is 16.0 Å². The Morgan fingerprint density at radius 2 is 2.00 bits per heavy atom. The Morgan fingerprint density at radius 1 is 1.09 bits per heavy atom. The number of hydrogen-bond donors (Lipinski definition) is 1. The van der Waals surface area contributed by atoms with Gasteiger partial charge in [-0.3, -0.25) is 0 Å². The maximum absolute atomic E-state index is 6.16. The first-order chi connectivity index (χ1) is 10.8. The summed E-state index contributed by atoms with van der Waals surface area (Å²) < 4.78 is 5.98. The maximum atomic E-state index is 6.16. The Morgan fingerprint density at radius 3 is 2.82 bits per heavy atom. The van der Waals surface area contributed by atoms with E-state index >= 15 is 0 Å². The molecule has 0 spiro atoms. The number of aromatic amines is 1. The fraction of sp³-hybridized carbons (Fsp3) is 0.0556. The Labute approximate surface area is 132 Å². The van der Waals surface area contributed by atoms with Crippen LogP contribution in [0.15, 0.2) is 65.3 Å². The third-order valence-corrected chi connectivity index (χ3v) is 3.91. The molecule has 2 heterocycles. The summed E-state index contributed by atoms with van der Waals surface area (Å²) in [6, 6.07) is 15.9. The monoisotopic (exact) mass is 308 g/mol. The first-order valence-electron chi connectivity index (χ1n) is 7.05. The summed E-state index contributed by atoms with van der Waals surface area (Å²) in [5, 5.41) is 1.80. The van der Waals surface area contributed by atoms with Gasteiger partial charge < -0.3 is 9.40 Å². The quantitative estimate of drug-likeness (QED) is 0.574. The number of imidazole rings is 1. The van der Waals surface area contributed by atoms with Crippen LogP contribution in [-0.4, -0.2) is 9.97 Å². The van der Waals surface area contributed by atoms with Crippen LogP contribution in [0, 0.1) is 0 Å². The van der Waals surface area contributed by atoms with Gasteiger partial charge in [0.2, 0.25) is 0 Å². The number of nitrogens with one attached hydrogen (secondary N) is 1. The summed E-state index contributed by atoms with van der Waals surface area (Å²) in [5.74, 6) is 1.75. The van der Waals surface area contributed by atoms with E-state index in [9.17, 15) is 0 Å². The van der Waals surface area contributed by atoms with Crippen molar-refractivity contribution in [2.45, 2.75) is 6.42 Å². The standard InChI is InChI=1S/C18H13ClN2O/c19-14-5-6-15(13(9-14)11-18-20-7-8-21-18)17-10-12-3-1-2-4-16(12)22-17/h1-10H,11H2,(H,20,21). The van der Waals surface area contributed by atoms with Crippen molar-refractivity contribution in [2.75, 3.05) is 0 Å². The van der Waals surface area contributed by atoms with Crippen molar-refractivity contribution in [3.05, 3.63) is 77.3 Å². The third-order valence-electron chi connectivity index (χ3n) is 3.67. The minimum atomic E-state index is 0.680. The Kier molecular flexibility index (Phi) is 3.20. The van der Waals surface area contributed by atoms with Crippen molar-refractivity contribution in [3.63, 3.8) is 0 Å². The van der Waals surface area contributed by atoms with Crippen LogP contribution in [-0.2, 0) is 6.42 Å². The number of fused-ring (bicyclic) bond motifs is 1. The summed E-state index contributed by atoms with van der Waals surface area (Å²) >= 11 is 6.16. The van der Waals surface area contributed by atoms with Gasteiger partial charge in [-0.25, -0.2) is 4.98 Å². The molecule has 22 heavy (non-hydrogen) atoms. The maximum Gasteiger partial charge on any atom is 0.135 e. The van der Waals surface area contributed by atoms with Gasteiger partial charge in [0.1, 0.15) is 17.2 Å². The van der Waals surface area contributed by atoms with Crippen LogP contribution in [0.2, 0.25) is 5.02 Å². The molecule has 0 aliphatic rings. The molecule has 0 unspecified atom stereocenters. The van der Waals surface area contributed by atoms with Crippen molar-refractivity contribution in [2.24, 2.45) is 0 Å². The van der Waals surface area contributed by atoms with Gasteiger partial charge in [0, 0.05) is 34.8 Å². The van der Waals surface area contributed by atoms with E-state index < -0.39 is 0 Å². The molecule has 0 saturated carbocycles.